The third-order valence-corrected chi connectivity index (χ3v) is 5.72. The lowest BCUT2D eigenvalue weighted by atomic mass is 10.1. The third kappa shape index (κ3) is 7.24. The Morgan fingerprint density at radius 1 is 1.10 bits per heavy atom. The molecule has 0 bridgehead atoms. The van der Waals surface area contributed by atoms with E-state index in [1.54, 1.807) is 0 Å². The lowest BCUT2D eigenvalue weighted by molar-refractivity contribution is 0.107. The van der Waals surface area contributed by atoms with Crippen molar-refractivity contribution in [3.63, 3.8) is 0 Å². The van der Waals surface area contributed by atoms with Crippen LogP contribution in [0.3, 0.4) is 0 Å². The molecule has 1 saturated heterocycles. The second-order valence-corrected chi connectivity index (χ2v) is 7.60. The van der Waals surface area contributed by atoms with Gasteiger partial charge in [0.2, 0.25) is 0 Å². The summed E-state index contributed by atoms with van der Waals surface area (Å²) in [5, 5.41) is 11.3. The molecule has 1 aliphatic heterocycles. The van der Waals surface area contributed by atoms with Gasteiger partial charge in [-0.2, -0.15) is 5.10 Å². The molecule has 8 heteroatoms. The van der Waals surface area contributed by atoms with Crippen molar-refractivity contribution >= 4 is 29.9 Å². The highest BCUT2D eigenvalue weighted by Gasteiger charge is 2.20. The summed E-state index contributed by atoms with van der Waals surface area (Å²) in [5.74, 6) is 0.845. The fourth-order valence-electron chi connectivity index (χ4n) is 3.75. The quantitative estimate of drug-likeness (QED) is 0.315. The van der Waals surface area contributed by atoms with E-state index < -0.39 is 0 Å². The van der Waals surface area contributed by atoms with Gasteiger partial charge >= 0.3 is 0 Å². The van der Waals surface area contributed by atoms with Gasteiger partial charge < -0.3 is 15.5 Å². The maximum atomic E-state index is 4.40. The normalized spacial score (nSPS) is 16.7. The van der Waals surface area contributed by atoms with E-state index in [-0.39, 0.29) is 24.0 Å². The fourth-order valence-corrected chi connectivity index (χ4v) is 3.75. The van der Waals surface area contributed by atoms with Crippen LogP contribution in [0.4, 0.5) is 0 Å². The number of piperazine rings is 1. The number of aromatic nitrogens is 2. The Balaban J connectivity index is 0.00000320. The van der Waals surface area contributed by atoms with E-state index in [9.17, 15) is 0 Å². The van der Waals surface area contributed by atoms with Gasteiger partial charge in [-0.1, -0.05) is 31.2 Å². The first kappa shape index (κ1) is 24.6. The molecule has 1 fully saturated rings. The number of rotatable bonds is 8. The standard InChI is InChI=1S/C22H35N7.HI/c1-4-27-12-14-28(15-13-27)19(2)16-24-22(23-3)25-17-20-8-5-6-9-21(20)18-29-11-7-10-26-29;/h5-11,19H,4,12-18H2,1-3H3,(H2,23,24,25);1H. The summed E-state index contributed by atoms with van der Waals surface area (Å²) in [5.41, 5.74) is 2.52. The van der Waals surface area contributed by atoms with Crippen LogP contribution in [0.2, 0.25) is 0 Å². The zero-order chi connectivity index (χ0) is 20.5. The maximum absolute atomic E-state index is 4.40. The van der Waals surface area contributed by atoms with Crippen LogP contribution in [0.1, 0.15) is 25.0 Å². The molecule has 3 rings (SSSR count). The van der Waals surface area contributed by atoms with E-state index in [4.69, 9.17) is 0 Å². The van der Waals surface area contributed by atoms with Crippen molar-refractivity contribution in [3.8, 4) is 0 Å². The fraction of sp³-hybridized carbons (Fsp3) is 0.545. The van der Waals surface area contributed by atoms with Gasteiger partial charge in [0.15, 0.2) is 5.96 Å². The second kappa shape index (κ2) is 12.9. The molecule has 1 atom stereocenters. The molecule has 7 nitrogen and oxygen atoms in total. The molecule has 0 amide bonds. The van der Waals surface area contributed by atoms with Crippen LogP contribution in [-0.2, 0) is 13.1 Å². The molecule has 1 unspecified atom stereocenters. The molecule has 2 aromatic rings. The minimum Gasteiger partial charge on any atom is -0.355 e. The average molecular weight is 525 g/mol. The Kier molecular flexibility index (Phi) is 10.6. The second-order valence-electron chi connectivity index (χ2n) is 7.60. The van der Waals surface area contributed by atoms with Crippen LogP contribution >= 0.6 is 24.0 Å². The molecule has 0 saturated carbocycles. The Hall–Kier alpha value is -1.65. The molecule has 1 aromatic heterocycles. The van der Waals surface area contributed by atoms with Gasteiger partial charge in [-0.25, -0.2) is 0 Å². The Labute approximate surface area is 197 Å². The molecule has 0 spiro atoms. The number of nitrogens with zero attached hydrogens (tertiary/aromatic N) is 5. The Bertz CT molecular complexity index is 755. The highest BCUT2D eigenvalue weighted by molar-refractivity contribution is 14.0. The van der Waals surface area contributed by atoms with E-state index in [1.807, 2.05) is 30.2 Å². The zero-order valence-electron chi connectivity index (χ0n) is 18.4. The molecule has 30 heavy (non-hydrogen) atoms. The number of nitrogens with one attached hydrogen (secondary N) is 2. The number of hydrogen-bond acceptors (Lipinski definition) is 4. The van der Waals surface area contributed by atoms with Gasteiger partial charge in [0, 0.05) is 64.8 Å². The van der Waals surface area contributed by atoms with E-state index in [0.29, 0.717) is 6.04 Å². The molecule has 0 radical (unpaired) electrons. The van der Waals surface area contributed by atoms with Crippen LogP contribution < -0.4 is 10.6 Å². The number of halogens is 1. The van der Waals surface area contributed by atoms with E-state index in [2.05, 4.69) is 68.6 Å². The Morgan fingerprint density at radius 2 is 1.83 bits per heavy atom. The lowest BCUT2D eigenvalue weighted by Crippen LogP contribution is -2.53. The maximum Gasteiger partial charge on any atom is 0.191 e. The molecular weight excluding hydrogens is 489 g/mol. The number of guanidine groups is 1. The van der Waals surface area contributed by atoms with Crippen molar-refractivity contribution in [2.24, 2.45) is 4.99 Å². The van der Waals surface area contributed by atoms with Crippen LogP contribution in [0.15, 0.2) is 47.7 Å². The number of aliphatic imine (C=N–C) groups is 1. The molecule has 1 aromatic carbocycles. The smallest absolute Gasteiger partial charge is 0.191 e. The van der Waals surface area contributed by atoms with Crippen molar-refractivity contribution in [1.29, 1.82) is 0 Å². The van der Waals surface area contributed by atoms with Crippen molar-refractivity contribution in [2.45, 2.75) is 33.0 Å². The average Bonchev–Trinajstić information content (AvgIpc) is 3.28. The first-order valence-corrected chi connectivity index (χ1v) is 10.6. The summed E-state index contributed by atoms with van der Waals surface area (Å²) in [6.07, 6.45) is 3.81. The molecule has 1 aliphatic rings. The largest absolute Gasteiger partial charge is 0.355 e. The number of benzene rings is 1. The lowest BCUT2D eigenvalue weighted by Gasteiger charge is -2.37. The van der Waals surface area contributed by atoms with Crippen LogP contribution in [0, 0.1) is 0 Å². The minimum absolute atomic E-state index is 0. The van der Waals surface area contributed by atoms with Crippen molar-refractivity contribution in [2.75, 3.05) is 46.3 Å². The highest BCUT2D eigenvalue weighted by atomic mass is 127. The summed E-state index contributed by atoms with van der Waals surface area (Å²) < 4.78 is 1.95. The van der Waals surface area contributed by atoms with E-state index in [1.165, 1.54) is 24.2 Å². The molecular formula is C22H36IN7. The highest BCUT2D eigenvalue weighted by Crippen LogP contribution is 2.10. The van der Waals surface area contributed by atoms with Crippen LogP contribution in [0.25, 0.3) is 0 Å². The van der Waals surface area contributed by atoms with Gasteiger partial charge in [0.05, 0.1) is 6.54 Å². The van der Waals surface area contributed by atoms with Gasteiger partial charge in [-0.15, -0.1) is 24.0 Å². The molecule has 0 aliphatic carbocycles. The third-order valence-electron chi connectivity index (χ3n) is 5.72. The van der Waals surface area contributed by atoms with Crippen molar-refractivity contribution in [3.05, 3.63) is 53.9 Å². The first-order valence-electron chi connectivity index (χ1n) is 10.6. The summed E-state index contributed by atoms with van der Waals surface area (Å²) >= 11 is 0. The zero-order valence-corrected chi connectivity index (χ0v) is 20.8. The molecule has 166 valence electrons. The monoisotopic (exact) mass is 525 g/mol. The predicted molar refractivity (Wildman–Crippen MR) is 135 cm³/mol. The first-order chi connectivity index (χ1) is 14.2. The number of likely N-dealkylation sites (N-methyl/N-ethyl adjacent to an activating group) is 1. The SMILES string of the molecule is CCN1CCN(C(C)CNC(=NC)NCc2ccccc2Cn2cccn2)CC1.I. The van der Waals surface area contributed by atoms with Crippen molar-refractivity contribution in [1.82, 2.24) is 30.2 Å². The van der Waals surface area contributed by atoms with Gasteiger partial charge in [-0.3, -0.25) is 14.6 Å². The van der Waals surface area contributed by atoms with Crippen molar-refractivity contribution < 1.29 is 0 Å². The molecule has 2 N–H and O–H groups in total. The summed E-state index contributed by atoms with van der Waals surface area (Å²) in [7, 11) is 1.83. The van der Waals surface area contributed by atoms with E-state index >= 15 is 0 Å². The summed E-state index contributed by atoms with van der Waals surface area (Å²) in [4.78, 5) is 9.47. The van der Waals surface area contributed by atoms with Gasteiger partial charge in [0.1, 0.15) is 0 Å². The Morgan fingerprint density at radius 3 is 2.47 bits per heavy atom. The van der Waals surface area contributed by atoms with E-state index in [0.717, 1.165) is 45.2 Å². The summed E-state index contributed by atoms with van der Waals surface area (Å²) in [6.45, 7) is 12.7. The van der Waals surface area contributed by atoms with Gasteiger partial charge in [0.25, 0.3) is 0 Å². The topological polar surface area (TPSA) is 60.7 Å². The van der Waals surface area contributed by atoms with Crippen LogP contribution in [-0.4, -0.2) is 77.9 Å². The van der Waals surface area contributed by atoms with Crippen LogP contribution in [0.5, 0.6) is 0 Å². The van der Waals surface area contributed by atoms with Gasteiger partial charge in [-0.05, 0) is 30.7 Å². The predicted octanol–water partition coefficient (Wildman–Crippen LogP) is 2.24. The molecule has 2 heterocycles. The minimum atomic E-state index is 0. The number of hydrogen-bond donors (Lipinski definition) is 2. The summed E-state index contributed by atoms with van der Waals surface area (Å²) in [6, 6.07) is 10.9.